The van der Waals surface area contributed by atoms with Gasteiger partial charge in [-0.25, -0.2) is 0 Å². The summed E-state index contributed by atoms with van der Waals surface area (Å²) in [6.45, 7) is 0. The van der Waals surface area contributed by atoms with Gasteiger partial charge in [-0.3, -0.25) is 0 Å². The summed E-state index contributed by atoms with van der Waals surface area (Å²) in [7, 11) is 0. The van der Waals surface area contributed by atoms with Crippen LogP contribution in [-0.4, -0.2) is 0 Å². The molecule has 0 saturated heterocycles. The van der Waals surface area contributed by atoms with Gasteiger partial charge in [0.25, 0.3) is 0 Å². The van der Waals surface area contributed by atoms with E-state index >= 15 is 0 Å². The molecule has 0 radical (unpaired) electrons. The maximum atomic E-state index is 3.78. The maximum Gasteiger partial charge on any atom is 0.0858 e. The van der Waals surface area contributed by atoms with Crippen molar-refractivity contribution in [1.82, 2.24) is 0 Å². The fourth-order valence-corrected chi connectivity index (χ4v) is 5.01. The minimum Gasteiger partial charge on any atom is -0.373 e. The van der Waals surface area contributed by atoms with E-state index in [9.17, 15) is 0 Å². The number of thiophene rings is 2. The third-order valence-corrected chi connectivity index (χ3v) is 6.45. The van der Waals surface area contributed by atoms with E-state index in [0.717, 1.165) is 0 Å². The Kier molecular flexibility index (Phi) is 3.32. The fraction of sp³-hybridized carbons (Fsp3) is 0.100. The zero-order valence-corrected chi connectivity index (χ0v) is 14.5. The topological polar surface area (TPSA) is 24.1 Å². The molecule has 24 heavy (non-hydrogen) atoms. The molecule has 1 aliphatic heterocycles. The van der Waals surface area contributed by atoms with E-state index < -0.39 is 0 Å². The van der Waals surface area contributed by atoms with E-state index in [2.05, 4.69) is 82.1 Å². The summed E-state index contributed by atoms with van der Waals surface area (Å²) in [6.07, 6.45) is 0. The van der Waals surface area contributed by atoms with E-state index in [1.165, 1.54) is 31.9 Å². The van der Waals surface area contributed by atoms with Gasteiger partial charge in [-0.05, 0) is 45.8 Å². The first kappa shape index (κ1) is 14.1. The van der Waals surface area contributed by atoms with Crippen LogP contribution >= 0.6 is 22.7 Å². The molecule has 118 valence electrons. The van der Waals surface area contributed by atoms with Crippen molar-refractivity contribution in [3.63, 3.8) is 0 Å². The summed E-state index contributed by atoms with van der Waals surface area (Å²) in [5.74, 6) is 0. The van der Waals surface area contributed by atoms with Crippen LogP contribution in [0.25, 0.3) is 10.8 Å². The van der Waals surface area contributed by atoms with Gasteiger partial charge >= 0.3 is 0 Å². The smallest absolute Gasteiger partial charge is 0.0858 e. The summed E-state index contributed by atoms with van der Waals surface area (Å²) in [5.41, 5.74) is 2.36. The highest BCUT2D eigenvalue weighted by atomic mass is 32.1. The molecule has 3 heterocycles. The standard InChI is InChI=1S/C20H16N2S2/c1-2-6-14-12-16-15(11-13(14)5-1)21-19(17-7-3-9-23-17)20(22-16)18-8-4-10-24-18/h1-12,19-22H. The highest BCUT2D eigenvalue weighted by Gasteiger charge is 2.31. The Bertz CT molecular complexity index is 893. The lowest BCUT2D eigenvalue weighted by Gasteiger charge is -2.35. The molecule has 2 nitrogen and oxygen atoms in total. The summed E-state index contributed by atoms with van der Waals surface area (Å²) in [4.78, 5) is 2.72. The lowest BCUT2D eigenvalue weighted by molar-refractivity contribution is 0.656. The van der Waals surface area contributed by atoms with Crippen molar-refractivity contribution in [3.8, 4) is 0 Å². The Morgan fingerprint density at radius 2 is 1.12 bits per heavy atom. The molecule has 2 atom stereocenters. The first-order valence-corrected chi connectivity index (χ1v) is 9.77. The monoisotopic (exact) mass is 348 g/mol. The number of fused-ring (bicyclic) bond motifs is 2. The van der Waals surface area contributed by atoms with Crippen LogP contribution < -0.4 is 10.6 Å². The molecular weight excluding hydrogens is 332 g/mol. The molecule has 0 saturated carbocycles. The molecule has 0 aliphatic carbocycles. The maximum absolute atomic E-state index is 3.78. The van der Waals surface area contributed by atoms with Gasteiger partial charge < -0.3 is 10.6 Å². The van der Waals surface area contributed by atoms with Crippen LogP contribution in [0.3, 0.4) is 0 Å². The van der Waals surface area contributed by atoms with Crippen molar-refractivity contribution in [2.45, 2.75) is 12.1 Å². The van der Waals surface area contributed by atoms with Gasteiger partial charge in [0.1, 0.15) is 0 Å². The molecule has 0 bridgehead atoms. The zero-order valence-electron chi connectivity index (χ0n) is 12.9. The number of hydrogen-bond acceptors (Lipinski definition) is 4. The number of anilines is 2. The van der Waals surface area contributed by atoms with Crippen molar-refractivity contribution < 1.29 is 0 Å². The highest BCUT2D eigenvalue weighted by molar-refractivity contribution is 7.10. The molecule has 2 aromatic heterocycles. The van der Waals surface area contributed by atoms with Crippen LogP contribution in [0, 0.1) is 0 Å². The fourth-order valence-electron chi connectivity index (χ4n) is 3.39. The number of nitrogens with one attached hydrogen (secondary N) is 2. The summed E-state index contributed by atoms with van der Waals surface area (Å²) in [6, 6.07) is 22.2. The molecule has 0 spiro atoms. The first-order valence-electron chi connectivity index (χ1n) is 8.01. The molecule has 4 aromatic rings. The normalized spacial score (nSPS) is 19.5. The van der Waals surface area contributed by atoms with Gasteiger partial charge in [0.05, 0.1) is 23.5 Å². The van der Waals surface area contributed by atoms with Crippen LogP contribution in [0.1, 0.15) is 21.8 Å². The third-order valence-electron chi connectivity index (χ3n) is 4.54. The molecule has 2 N–H and O–H groups in total. The van der Waals surface area contributed by atoms with E-state index in [4.69, 9.17) is 0 Å². The minimum atomic E-state index is 0.248. The van der Waals surface area contributed by atoms with Crippen molar-refractivity contribution in [2.24, 2.45) is 0 Å². The summed E-state index contributed by atoms with van der Waals surface area (Å²) >= 11 is 3.62. The molecule has 2 unspecified atom stereocenters. The average molecular weight is 348 g/mol. The van der Waals surface area contributed by atoms with Gasteiger partial charge in [-0.2, -0.15) is 0 Å². The van der Waals surface area contributed by atoms with Crippen molar-refractivity contribution in [3.05, 3.63) is 81.2 Å². The Hall–Kier alpha value is -2.30. The summed E-state index contributed by atoms with van der Waals surface area (Å²) in [5, 5.41) is 14.4. The van der Waals surface area contributed by atoms with Crippen LogP contribution in [-0.2, 0) is 0 Å². The molecular formula is C20H16N2S2. The Morgan fingerprint density at radius 3 is 1.54 bits per heavy atom. The van der Waals surface area contributed by atoms with E-state index in [1.54, 1.807) is 0 Å². The van der Waals surface area contributed by atoms with Gasteiger partial charge in [0, 0.05) is 9.75 Å². The van der Waals surface area contributed by atoms with Gasteiger partial charge in [0.15, 0.2) is 0 Å². The predicted molar refractivity (Wildman–Crippen MR) is 105 cm³/mol. The first-order chi connectivity index (χ1) is 11.9. The molecule has 4 heteroatoms. The lowest BCUT2D eigenvalue weighted by atomic mass is 9.98. The largest absolute Gasteiger partial charge is 0.373 e. The van der Waals surface area contributed by atoms with Crippen molar-refractivity contribution in [1.29, 1.82) is 0 Å². The Labute approximate surface area is 148 Å². The number of hydrogen-bond donors (Lipinski definition) is 2. The van der Waals surface area contributed by atoms with E-state index in [0.29, 0.717) is 0 Å². The average Bonchev–Trinajstić information content (AvgIpc) is 3.32. The van der Waals surface area contributed by atoms with E-state index in [-0.39, 0.29) is 12.1 Å². The van der Waals surface area contributed by atoms with Gasteiger partial charge in [0.2, 0.25) is 0 Å². The minimum absolute atomic E-state index is 0.248. The Morgan fingerprint density at radius 1 is 0.625 bits per heavy atom. The van der Waals surface area contributed by atoms with Crippen LogP contribution in [0.4, 0.5) is 11.4 Å². The van der Waals surface area contributed by atoms with E-state index in [1.807, 2.05) is 22.7 Å². The molecule has 0 amide bonds. The second-order valence-electron chi connectivity index (χ2n) is 6.02. The van der Waals surface area contributed by atoms with Crippen molar-refractivity contribution >= 4 is 44.8 Å². The second kappa shape index (κ2) is 5.65. The van der Waals surface area contributed by atoms with Gasteiger partial charge in [-0.1, -0.05) is 36.4 Å². The Balaban J connectivity index is 1.64. The SMILES string of the molecule is c1csc(C2Nc3cc4ccccc4cc3NC2c2cccs2)c1. The predicted octanol–water partition coefficient (Wildman–Crippen LogP) is 6.28. The quantitative estimate of drug-likeness (QED) is 0.445. The summed E-state index contributed by atoms with van der Waals surface area (Å²) < 4.78 is 0. The highest BCUT2D eigenvalue weighted by Crippen LogP contribution is 2.45. The zero-order chi connectivity index (χ0) is 15.9. The second-order valence-corrected chi connectivity index (χ2v) is 7.98. The third kappa shape index (κ3) is 2.30. The van der Waals surface area contributed by atoms with Crippen LogP contribution in [0.5, 0.6) is 0 Å². The lowest BCUT2D eigenvalue weighted by Crippen LogP contribution is -2.29. The number of benzene rings is 2. The van der Waals surface area contributed by atoms with Gasteiger partial charge in [-0.15, -0.1) is 22.7 Å². The molecule has 0 fully saturated rings. The molecule has 5 rings (SSSR count). The molecule has 2 aromatic carbocycles. The number of rotatable bonds is 2. The van der Waals surface area contributed by atoms with Crippen LogP contribution in [0.15, 0.2) is 71.4 Å². The van der Waals surface area contributed by atoms with Crippen LogP contribution in [0.2, 0.25) is 0 Å². The molecule has 1 aliphatic rings. The van der Waals surface area contributed by atoms with Crippen molar-refractivity contribution in [2.75, 3.05) is 10.6 Å².